The minimum atomic E-state index is -1.10. The lowest BCUT2D eigenvalue weighted by Crippen LogP contribution is -2.43. The summed E-state index contributed by atoms with van der Waals surface area (Å²) in [6.07, 6.45) is 2.81. The maximum atomic E-state index is 13.3. The van der Waals surface area contributed by atoms with E-state index < -0.39 is 29.9 Å². The summed E-state index contributed by atoms with van der Waals surface area (Å²) in [5.41, 5.74) is 2.25. The van der Waals surface area contributed by atoms with Crippen molar-refractivity contribution >= 4 is 29.2 Å². The third kappa shape index (κ3) is 3.46. The van der Waals surface area contributed by atoms with E-state index in [-0.39, 0.29) is 12.2 Å². The van der Waals surface area contributed by atoms with Crippen LogP contribution in [0.4, 0.5) is 10.5 Å². The summed E-state index contributed by atoms with van der Waals surface area (Å²) in [7, 11) is 0. The summed E-state index contributed by atoms with van der Waals surface area (Å²) >= 11 is 0. The van der Waals surface area contributed by atoms with Gasteiger partial charge in [-0.25, -0.2) is 14.3 Å². The third-order valence-electron chi connectivity index (χ3n) is 6.76. The van der Waals surface area contributed by atoms with Crippen molar-refractivity contribution in [2.24, 2.45) is 0 Å². The van der Waals surface area contributed by atoms with Crippen molar-refractivity contribution in [1.29, 1.82) is 0 Å². The molecule has 2 N–H and O–H groups in total. The molecule has 1 spiro atoms. The van der Waals surface area contributed by atoms with Crippen molar-refractivity contribution in [3.63, 3.8) is 0 Å². The van der Waals surface area contributed by atoms with Crippen molar-refractivity contribution in [2.75, 3.05) is 11.9 Å². The van der Waals surface area contributed by atoms with Gasteiger partial charge in [-0.3, -0.25) is 18.9 Å². The molecule has 1 aliphatic carbocycles. The van der Waals surface area contributed by atoms with E-state index in [4.69, 9.17) is 0 Å². The highest BCUT2D eigenvalue weighted by atomic mass is 16.2. The smallest absolute Gasteiger partial charge is 0.325 e. The second-order valence-electron chi connectivity index (χ2n) is 9.00. The first kappa shape index (κ1) is 21.8. The number of carbonyl (C=O) groups is 3. The van der Waals surface area contributed by atoms with Gasteiger partial charge in [0.25, 0.3) is 5.91 Å². The van der Waals surface area contributed by atoms with Gasteiger partial charge < -0.3 is 10.6 Å². The number of pyridine rings is 1. The van der Waals surface area contributed by atoms with Gasteiger partial charge in [-0.05, 0) is 53.8 Å². The van der Waals surface area contributed by atoms with Gasteiger partial charge in [-0.2, -0.15) is 0 Å². The van der Waals surface area contributed by atoms with Gasteiger partial charge in [0, 0.05) is 11.9 Å². The molecule has 4 aromatic rings. The van der Waals surface area contributed by atoms with Gasteiger partial charge >= 0.3 is 11.7 Å². The topological polar surface area (TPSA) is 118 Å². The maximum absolute atomic E-state index is 13.3. The molecule has 1 saturated heterocycles. The van der Waals surface area contributed by atoms with Crippen LogP contribution in [-0.2, 0) is 28.1 Å². The van der Waals surface area contributed by atoms with Crippen LogP contribution >= 0.6 is 0 Å². The molecule has 2 aromatic heterocycles. The van der Waals surface area contributed by atoms with E-state index in [0.717, 1.165) is 21.6 Å². The lowest BCUT2D eigenvalue weighted by Gasteiger charge is -2.22. The van der Waals surface area contributed by atoms with Crippen LogP contribution in [-0.4, -0.2) is 43.5 Å². The Morgan fingerprint density at radius 1 is 1.03 bits per heavy atom. The second kappa shape index (κ2) is 8.19. The zero-order valence-electron chi connectivity index (χ0n) is 19.2. The van der Waals surface area contributed by atoms with Gasteiger partial charge in [0.2, 0.25) is 5.91 Å². The van der Waals surface area contributed by atoms with Crippen LogP contribution in [0, 0.1) is 0 Å². The van der Waals surface area contributed by atoms with E-state index >= 15 is 0 Å². The fraction of sp³-hybridized carbons (Fsp3) is 0.192. The number of urea groups is 1. The molecule has 1 atom stereocenters. The Morgan fingerprint density at radius 3 is 2.72 bits per heavy atom. The third-order valence-corrected chi connectivity index (χ3v) is 6.76. The van der Waals surface area contributed by atoms with Crippen LogP contribution in [0.25, 0.3) is 5.65 Å². The zero-order valence-corrected chi connectivity index (χ0v) is 19.2. The predicted molar refractivity (Wildman–Crippen MR) is 130 cm³/mol. The molecule has 0 bridgehead atoms. The zero-order chi connectivity index (χ0) is 24.9. The molecule has 2 aromatic carbocycles. The highest BCUT2D eigenvalue weighted by Gasteiger charge is 2.55. The van der Waals surface area contributed by atoms with E-state index in [1.54, 1.807) is 42.6 Å². The Hall–Kier alpha value is -4.73. The van der Waals surface area contributed by atoms with Gasteiger partial charge in [0.05, 0.1) is 6.54 Å². The molecular weight excluding hydrogens is 460 g/mol. The van der Waals surface area contributed by atoms with Gasteiger partial charge in [-0.15, -0.1) is 5.10 Å². The molecule has 1 fully saturated rings. The quantitative estimate of drug-likeness (QED) is 0.421. The van der Waals surface area contributed by atoms with Crippen molar-refractivity contribution < 1.29 is 14.4 Å². The molecule has 36 heavy (non-hydrogen) atoms. The average Bonchev–Trinajstić information content (AvgIpc) is 3.48. The van der Waals surface area contributed by atoms with Crippen LogP contribution in [0.2, 0.25) is 0 Å². The van der Waals surface area contributed by atoms with E-state index in [1.165, 1.54) is 9.08 Å². The van der Waals surface area contributed by atoms with E-state index in [9.17, 15) is 19.2 Å². The van der Waals surface area contributed by atoms with Crippen molar-refractivity contribution in [1.82, 2.24) is 24.4 Å². The van der Waals surface area contributed by atoms with Crippen LogP contribution in [0.15, 0.2) is 77.7 Å². The molecular formula is C26H22N6O4. The summed E-state index contributed by atoms with van der Waals surface area (Å²) in [5, 5.41) is 9.90. The van der Waals surface area contributed by atoms with Crippen molar-refractivity contribution in [3.8, 4) is 0 Å². The number of carbonyl (C=O) groups excluding carboxylic acids is 3. The van der Waals surface area contributed by atoms with E-state index in [1.807, 2.05) is 30.3 Å². The number of imide groups is 1. The Bertz CT molecular complexity index is 1610. The van der Waals surface area contributed by atoms with E-state index in [0.29, 0.717) is 24.2 Å². The Balaban J connectivity index is 1.16. The molecule has 1 unspecified atom stereocenters. The lowest BCUT2D eigenvalue weighted by molar-refractivity contribution is -0.134. The number of hydrogen-bond acceptors (Lipinski definition) is 5. The molecule has 6 rings (SSSR count). The standard InChI is InChI=1S/C26H22N6O4/c33-22(16-31-23(34)26(28-24(31)35)12-11-18-7-1-2-9-20(18)26)27-19-8-5-6-17(14-19)15-32-25(36)30-13-4-3-10-21(30)29-32/h1-10,13-14H,11-12,15-16H2,(H,27,33)(H,28,35). The van der Waals surface area contributed by atoms with Crippen molar-refractivity contribution in [3.05, 3.63) is 100 Å². The Kier molecular flexibility index (Phi) is 4.96. The van der Waals surface area contributed by atoms with E-state index in [2.05, 4.69) is 15.7 Å². The SMILES string of the molecule is O=C(CN1C(=O)NC2(CCc3ccccc32)C1=O)Nc1cccc(Cn2nc3ccccn3c2=O)c1. The number of nitrogens with zero attached hydrogens (tertiary/aromatic N) is 4. The lowest BCUT2D eigenvalue weighted by atomic mass is 9.92. The fourth-order valence-electron chi connectivity index (χ4n) is 5.07. The minimum absolute atomic E-state index is 0.221. The highest BCUT2D eigenvalue weighted by Crippen LogP contribution is 2.41. The first-order valence-corrected chi connectivity index (χ1v) is 11.6. The number of aryl methyl sites for hydroxylation is 1. The summed E-state index contributed by atoms with van der Waals surface area (Å²) in [6.45, 7) is -0.177. The molecule has 0 saturated carbocycles. The summed E-state index contributed by atoms with van der Waals surface area (Å²) in [5.74, 6) is -0.906. The molecule has 10 heteroatoms. The number of fused-ring (bicyclic) bond motifs is 3. The Morgan fingerprint density at radius 2 is 1.86 bits per heavy atom. The molecule has 3 heterocycles. The monoisotopic (exact) mass is 482 g/mol. The molecule has 0 radical (unpaired) electrons. The van der Waals surface area contributed by atoms with Gasteiger partial charge in [0.15, 0.2) is 5.65 Å². The first-order valence-electron chi connectivity index (χ1n) is 11.6. The molecule has 4 amide bonds. The number of amides is 4. The van der Waals surface area contributed by atoms with Gasteiger partial charge in [-0.1, -0.05) is 42.5 Å². The van der Waals surface area contributed by atoms with Crippen LogP contribution < -0.4 is 16.3 Å². The maximum Gasteiger partial charge on any atom is 0.350 e. The summed E-state index contributed by atoms with van der Waals surface area (Å²) in [4.78, 5) is 52.3. The summed E-state index contributed by atoms with van der Waals surface area (Å²) in [6, 6.07) is 19.3. The molecule has 180 valence electrons. The van der Waals surface area contributed by atoms with Gasteiger partial charge in [0.1, 0.15) is 12.1 Å². The summed E-state index contributed by atoms with van der Waals surface area (Å²) < 4.78 is 2.81. The second-order valence-corrected chi connectivity index (χ2v) is 9.00. The predicted octanol–water partition coefficient (Wildman–Crippen LogP) is 1.88. The molecule has 1 aliphatic heterocycles. The van der Waals surface area contributed by atoms with Crippen LogP contribution in [0.1, 0.15) is 23.1 Å². The fourth-order valence-corrected chi connectivity index (χ4v) is 5.07. The molecule has 10 nitrogen and oxygen atoms in total. The average molecular weight is 483 g/mol. The number of anilines is 1. The molecule has 2 aliphatic rings. The number of aromatic nitrogens is 3. The minimum Gasteiger partial charge on any atom is -0.325 e. The Labute approximate surface area is 205 Å². The number of benzene rings is 2. The van der Waals surface area contributed by atoms with Crippen LogP contribution in [0.3, 0.4) is 0 Å². The normalized spacial score (nSPS) is 18.6. The first-order chi connectivity index (χ1) is 17.4. The van der Waals surface area contributed by atoms with Crippen molar-refractivity contribution in [2.45, 2.75) is 24.9 Å². The van der Waals surface area contributed by atoms with Crippen LogP contribution in [0.5, 0.6) is 0 Å². The number of rotatable bonds is 5. The number of nitrogens with one attached hydrogen (secondary N) is 2. The largest absolute Gasteiger partial charge is 0.350 e. The number of hydrogen-bond donors (Lipinski definition) is 2. The highest BCUT2D eigenvalue weighted by molar-refractivity contribution is 6.10.